The Morgan fingerprint density at radius 2 is 1.61 bits per heavy atom. The van der Waals surface area contributed by atoms with Crippen LogP contribution in [0.25, 0.3) is 0 Å². The molecule has 2 fully saturated rings. The van der Waals surface area contributed by atoms with Crippen molar-refractivity contribution in [3.63, 3.8) is 0 Å². The zero-order chi connectivity index (χ0) is 21.6. The number of sulfonamides is 1. The number of piperidine rings is 1. The van der Waals surface area contributed by atoms with Crippen LogP contribution in [0.4, 0.5) is 4.39 Å². The number of carbonyl (C=O) groups is 1. The van der Waals surface area contributed by atoms with Gasteiger partial charge in [0.15, 0.2) is 11.5 Å². The molecule has 1 unspecified atom stereocenters. The summed E-state index contributed by atoms with van der Waals surface area (Å²) in [6.07, 6.45) is 2.62. The molecule has 7 nitrogen and oxygen atoms in total. The molecule has 3 aliphatic rings. The maximum absolute atomic E-state index is 13.4. The van der Waals surface area contributed by atoms with Crippen LogP contribution in [0.1, 0.15) is 36.0 Å². The van der Waals surface area contributed by atoms with Crippen LogP contribution in [-0.4, -0.2) is 50.0 Å². The molecule has 1 amide bonds. The maximum atomic E-state index is 13.4. The standard InChI is InChI=1S/C22H23FN2O5S/c23-15-3-1-14(2-4-15)22(26)24-16-11-17-5-6-18(12-16)25(17)31(27,28)19-7-8-20-21(13-19)30-10-9-29-20/h1-4,7-8,13,16-18H,5-6,9-12H2,(H,24,26)/t16?,17-,18+. The van der Waals surface area contributed by atoms with Gasteiger partial charge in [-0.3, -0.25) is 4.79 Å². The van der Waals surface area contributed by atoms with Crippen LogP contribution in [0, 0.1) is 5.82 Å². The van der Waals surface area contributed by atoms with E-state index in [4.69, 9.17) is 9.47 Å². The van der Waals surface area contributed by atoms with Gasteiger partial charge in [0.25, 0.3) is 5.91 Å². The summed E-state index contributed by atoms with van der Waals surface area (Å²) in [7, 11) is -3.70. The molecule has 0 radical (unpaired) electrons. The Labute approximate surface area is 180 Å². The monoisotopic (exact) mass is 446 g/mol. The first-order valence-corrected chi connectivity index (χ1v) is 11.9. The zero-order valence-electron chi connectivity index (χ0n) is 16.8. The number of hydrogen-bond donors (Lipinski definition) is 1. The number of amides is 1. The van der Waals surface area contributed by atoms with Crippen molar-refractivity contribution < 1.29 is 27.1 Å². The van der Waals surface area contributed by atoms with Crippen molar-refractivity contribution in [2.75, 3.05) is 13.2 Å². The van der Waals surface area contributed by atoms with E-state index in [1.54, 1.807) is 16.4 Å². The Bertz CT molecular complexity index is 1090. The average molecular weight is 447 g/mol. The van der Waals surface area contributed by atoms with E-state index in [9.17, 15) is 17.6 Å². The SMILES string of the molecule is O=C(NC1C[C@H]2CC[C@@H](C1)N2S(=O)(=O)c1ccc2c(c1)OCCO2)c1ccc(F)cc1. The van der Waals surface area contributed by atoms with Gasteiger partial charge in [-0.15, -0.1) is 0 Å². The molecule has 2 aromatic carbocycles. The minimum Gasteiger partial charge on any atom is -0.486 e. The summed E-state index contributed by atoms with van der Waals surface area (Å²) in [6, 6.07) is 9.66. The highest BCUT2D eigenvalue weighted by molar-refractivity contribution is 7.89. The van der Waals surface area contributed by atoms with Crippen LogP contribution >= 0.6 is 0 Å². The number of fused-ring (bicyclic) bond motifs is 3. The Hall–Kier alpha value is -2.65. The Kier molecular flexibility index (Phi) is 5.10. The minimum atomic E-state index is -3.70. The van der Waals surface area contributed by atoms with Gasteiger partial charge in [-0.1, -0.05) is 0 Å². The Morgan fingerprint density at radius 3 is 2.29 bits per heavy atom. The highest BCUT2D eigenvalue weighted by Gasteiger charge is 2.47. The Morgan fingerprint density at radius 1 is 0.968 bits per heavy atom. The van der Waals surface area contributed by atoms with Crippen molar-refractivity contribution in [3.8, 4) is 11.5 Å². The van der Waals surface area contributed by atoms with E-state index in [0.29, 0.717) is 43.1 Å². The van der Waals surface area contributed by atoms with Crippen LogP contribution in [-0.2, 0) is 10.0 Å². The average Bonchev–Trinajstić information content (AvgIpc) is 3.06. The quantitative estimate of drug-likeness (QED) is 0.781. The van der Waals surface area contributed by atoms with E-state index >= 15 is 0 Å². The van der Waals surface area contributed by atoms with Gasteiger partial charge in [-0.2, -0.15) is 4.31 Å². The van der Waals surface area contributed by atoms with E-state index in [1.807, 2.05) is 0 Å². The van der Waals surface area contributed by atoms with Gasteiger partial charge < -0.3 is 14.8 Å². The van der Waals surface area contributed by atoms with Gasteiger partial charge in [0.05, 0.1) is 4.90 Å². The number of carbonyl (C=O) groups excluding carboxylic acids is 1. The highest BCUT2D eigenvalue weighted by Crippen LogP contribution is 2.41. The summed E-state index contributed by atoms with van der Waals surface area (Å²) in [4.78, 5) is 12.7. The molecule has 1 N–H and O–H groups in total. The molecule has 3 atom stereocenters. The van der Waals surface area contributed by atoms with E-state index in [2.05, 4.69) is 5.32 Å². The molecule has 164 valence electrons. The fraction of sp³-hybridized carbons (Fsp3) is 0.409. The molecule has 2 aromatic rings. The summed E-state index contributed by atoms with van der Waals surface area (Å²) >= 11 is 0. The summed E-state index contributed by atoms with van der Waals surface area (Å²) in [5.41, 5.74) is 0.389. The van der Waals surface area contributed by atoms with Crippen LogP contribution < -0.4 is 14.8 Å². The molecular formula is C22H23FN2O5S. The molecule has 0 saturated carbocycles. The Balaban J connectivity index is 1.32. The summed E-state index contributed by atoms with van der Waals surface area (Å²) < 4.78 is 52.6. The third-order valence-corrected chi connectivity index (χ3v) is 8.20. The lowest BCUT2D eigenvalue weighted by molar-refractivity contribution is 0.0909. The van der Waals surface area contributed by atoms with Gasteiger partial charge in [-0.25, -0.2) is 12.8 Å². The van der Waals surface area contributed by atoms with E-state index in [-0.39, 0.29) is 28.9 Å². The van der Waals surface area contributed by atoms with Crippen molar-refractivity contribution in [2.45, 2.75) is 48.7 Å². The van der Waals surface area contributed by atoms with E-state index in [1.165, 1.54) is 30.3 Å². The second kappa shape index (κ2) is 7.80. The third kappa shape index (κ3) is 3.76. The van der Waals surface area contributed by atoms with Gasteiger partial charge in [0.1, 0.15) is 19.0 Å². The molecule has 3 aliphatic heterocycles. The third-order valence-electron chi connectivity index (χ3n) is 6.20. The molecule has 2 saturated heterocycles. The van der Waals surface area contributed by atoms with Crippen molar-refractivity contribution in [1.29, 1.82) is 0 Å². The second-order valence-electron chi connectivity index (χ2n) is 8.17. The van der Waals surface area contributed by atoms with Crippen molar-refractivity contribution in [2.24, 2.45) is 0 Å². The molecular weight excluding hydrogens is 423 g/mol. The zero-order valence-corrected chi connectivity index (χ0v) is 17.6. The van der Waals surface area contributed by atoms with Crippen LogP contribution in [0.3, 0.4) is 0 Å². The van der Waals surface area contributed by atoms with Gasteiger partial charge in [-0.05, 0) is 62.1 Å². The topological polar surface area (TPSA) is 84.9 Å². The van der Waals surface area contributed by atoms with E-state index in [0.717, 1.165) is 12.8 Å². The number of halogens is 1. The lowest BCUT2D eigenvalue weighted by Gasteiger charge is -2.38. The molecule has 5 rings (SSSR count). The summed E-state index contributed by atoms with van der Waals surface area (Å²) in [5.74, 6) is 0.330. The summed E-state index contributed by atoms with van der Waals surface area (Å²) in [6.45, 7) is 0.835. The van der Waals surface area contributed by atoms with Gasteiger partial charge in [0.2, 0.25) is 10.0 Å². The minimum absolute atomic E-state index is 0.123. The first-order chi connectivity index (χ1) is 14.9. The lowest BCUT2D eigenvalue weighted by Crippen LogP contribution is -2.52. The van der Waals surface area contributed by atoms with Crippen LogP contribution in [0.5, 0.6) is 11.5 Å². The first-order valence-electron chi connectivity index (χ1n) is 10.4. The number of rotatable bonds is 4. The number of nitrogens with zero attached hydrogens (tertiary/aromatic N) is 1. The molecule has 0 aromatic heterocycles. The maximum Gasteiger partial charge on any atom is 0.251 e. The predicted molar refractivity (Wildman–Crippen MR) is 110 cm³/mol. The smallest absolute Gasteiger partial charge is 0.251 e. The van der Waals surface area contributed by atoms with Crippen LogP contribution in [0.2, 0.25) is 0 Å². The lowest BCUT2D eigenvalue weighted by atomic mass is 9.99. The van der Waals surface area contributed by atoms with Gasteiger partial charge >= 0.3 is 0 Å². The number of benzene rings is 2. The molecule has 2 bridgehead atoms. The number of nitrogens with one attached hydrogen (secondary N) is 1. The summed E-state index contributed by atoms with van der Waals surface area (Å²) in [5, 5.41) is 2.99. The van der Waals surface area contributed by atoms with Gasteiger partial charge in [0, 0.05) is 29.8 Å². The highest BCUT2D eigenvalue weighted by atomic mass is 32.2. The molecule has 0 spiro atoms. The second-order valence-corrected chi connectivity index (χ2v) is 10.0. The molecule has 3 heterocycles. The predicted octanol–water partition coefficient (Wildman–Crippen LogP) is 2.71. The largest absolute Gasteiger partial charge is 0.486 e. The normalized spacial score (nSPS) is 25.3. The van der Waals surface area contributed by atoms with Crippen molar-refractivity contribution >= 4 is 15.9 Å². The van der Waals surface area contributed by atoms with Crippen molar-refractivity contribution in [1.82, 2.24) is 9.62 Å². The number of ether oxygens (including phenoxy) is 2. The molecule has 31 heavy (non-hydrogen) atoms. The van der Waals surface area contributed by atoms with E-state index < -0.39 is 15.8 Å². The van der Waals surface area contributed by atoms with Crippen molar-refractivity contribution in [3.05, 3.63) is 53.8 Å². The number of hydrogen-bond acceptors (Lipinski definition) is 5. The fourth-order valence-electron chi connectivity index (χ4n) is 4.82. The first kappa shape index (κ1) is 20.3. The fourth-order valence-corrected chi connectivity index (χ4v) is 6.73. The van der Waals surface area contributed by atoms with Crippen LogP contribution in [0.15, 0.2) is 47.4 Å². The molecule has 0 aliphatic carbocycles. The molecule has 9 heteroatoms.